The maximum atomic E-state index is 12.5. The van der Waals surface area contributed by atoms with Crippen LogP contribution in [0.5, 0.6) is 0 Å². The molecule has 0 aliphatic carbocycles. The van der Waals surface area contributed by atoms with Crippen LogP contribution in [0.3, 0.4) is 0 Å². The third-order valence-electron chi connectivity index (χ3n) is 14.5. The van der Waals surface area contributed by atoms with Crippen LogP contribution < -0.4 is 5.32 Å². The minimum absolute atomic E-state index is 0.0150. The third kappa shape index (κ3) is 55.5. The number of carbonyl (C=O) groups is 2. The first-order chi connectivity index (χ1) is 34.0. The molecule has 0 heterocycles. The molecule has 0 spiro atoms. The van der Waals surface area contributed by atoms with E-state index in [4.69, 9.17) is 4.74 Å². The second-order valence-electron chi connectivity index (χ2n) is 21.4. The fourth-order valence-electron chi connectivity index (χ4n) is 9.69. The van der Waals surface area contributed by atoms with Gasteiger partial charge in [-0.25, -0.2) is 0 Å². The Bertz CT molecular complexity index is 1080. The second-order valence-corrected chi connectivity index (χ2v) is 21.4. The lowest BCUT2D eigenvalue weighted by molar-refractivity contribution is -0.143. The van der Waals surface area contributed by atoms with Crippen molar-refractivity contribution in [3.8, 4) is 0 Å². The summed E-state index contributed by atoms with van der Waals surface area (Å²) in [4.78, 5) is 24.6. The Hall–Kier alpha value is -1.66. The monoisotopic (exact) mass is 972 g/mol. The third-order valence-corrected chi connectivity index (χ3v) is 14.5. The first-order valence-corrected chi connectivity index (χ1v) is 31.1. The van der Waals surface area contributed by atoms with E-state index in [0.29, 0.717) is 25.9 Å². The van der Waals surface area contributed by atoms with Gasteiger partial charge < -0.3 is 20.3 Å². The standard InChI is InChI=1S/C63H121NO5/c1-3-5-7-9-11-13-15-17-19-21-22-23-24-25-27-28-31-35-39-43-47-51-55-61(66)60(59-65)64-62(67)56-52-48-44-40-36-32-30-34-38-42-46-50-54-58-69-63(68)57-53-49-45-41-37-33-29-26-20-18-16-14-12-10-8-6-4-2/h18,20,32,36,60-61,65-66H,3-17,19,21-31,33-35,37-59H2,1-2H3,(H,64,67)/b20-18-,36-32-. The average molecular weight is 973 g/mol. The number of carbonyl (C=O) groups excluding carboxylic acids is 2. The number of hydrogen-bond acceptors (Lipinski definition) is 5. The smallest absolute Gasteiger partial charge is 0.305 e. The molecule has 2 atom stereocenters. The van der Waals surface area contributed by atoms with Gasteiger partial charge in [-0.05, 0) is 77.0 Å². The molecule has 0 aliphatic rings. The zero-order chi connectivity index (χ0) is 50.0. The van der Waals surface area contributed by atoms with Crippen molar-refractivity contribution in [2.75, 3.05) is 13.2 Å². The maximum Gasteiger partial charge on any atom is 0.305 e. The number of allylic oxidation sites excluding steroid dienone is 4. The van der Waals surface area contributed by atoms with Crippen LogP contribution in [-0.4, -0.2) is 47.4 Å². The van der Waals surface area contributed by atoms with E-state index in [2.05, 4.69) is 43.5 Å². The summed E-state index contributed by atoms with van der Waals surface area (Å²) in [5, 5.41) is 23.3. The van der Waals surface area contributed by atoms with Gasteiger partial charge in [0.25, 0.3) is 0 Å². The van der Waals surface area contributed by atoms with Crippen molar-refractivity contribution in [3.63, 3.8) is 0 Å². The van der Waals surface area contributed by atoms with E-state index in [1.54, 1.807) is 0 Å². The highest BCUT2D eigenvalue weighted by Crippen LogP contribution is 2.18. The Balaban J connectivity index is 3.47. The fraction of sp³-hybridized carbons (Fsp3) is 0.905. The van der Waals surface area contributed by atoms with Crippen LogP contribution in [-0.2, 0) is 14.3 Å². The summed E-state index contributed by atoms with van der Waals surface area (Å²) in [6.45, 7) is 4.93. The molecule has 0 aromatic rings. The molecule has 1 amide bonds. The van der Waals surface area contributed by atoms with Crippen LogP contribution in [0.2, 0.25) is 0 Å². The van der Waals surface area contributed by atoms with Crippen molar-refractivity contribution in [1.29, 1.82) is 0 Å². The van der Waals surface area contributed by atoms with Gasteiger partial charge in [0.15, 0.2) is 0 Å². The lowest BCUT2D eigenvalue weighted by atomic mass is 10.0. The molecule has 0 aliphatic heterocycles. The molecule has 6 heteroatoms. The predicted molar refractivity (Wildman–Crippen MR) is 301 cm³/mol. The number of amides is 1. The van der Waals surface area contributed by atoms with Gasteiger partial charge in [-0.1, -0.05) is 276 Å². The Morgan fingerprint density at radius 1 is 0.391 bits per heavy atom. The Morgan fingerprint density at radius 3 is 1.04 bits per heavy atom. The van der Waals surface area contributed by atoms with E-state index in [1.165, 1.54) is 238 Å². The van der Waals surface area contributed by atoms with Crippen molar-refractivity contribution in [2.45, 2.75) is 353 Å². The molecule has 0 radical (unpaired) electrons. The summed E-state index contributed by atoms with van der Waals surface area (Å²) in [5.74, 6) is -0.0767. The number of esters is 1. The molecule has 0 saturated carbocycles. The number of aliphatic hydroxyl groups excluding tert-OH is 2. The molecule has 408 valence electrons. The molecule has 3 N–H and O–H groups in total. The quantitative estimate of drug-likeness (QED) is 0.0321. The topological polar surface area (TPSA) is 95.9 Å². The molecular weight excluding hydrogens is 851 g/mol. The van der Waals surface area contributed by atoms with E-state index < -0.39 is 12.1 Å². The molecule has 69 heavy (non-hydrogen) atoms. The summed E-state index contributed by atoms with van der Waals surface area (Å²) >= 11 is 0. The first kappa shape index (κ1) is 67.3. The van der Waals surface area contributed by atoms with Crippen LogP contribution in [0.1, 0.15) is 341 Å². The molecule has 6 nitrogen and oxygen atoms in total. The van der Waals surface area contributed by atoms with Crippen LogP contribution in [0.4, 0.5) is 0 Å². The lowest BCUT2D eigenvalue weighted by Crippen LogP contribution is -2.45. The van der Waals surface area contributed by atoms with E-state index in [9.17, 15) is 19.8 Å². The van der Waals surface area contributed by atoms with Crippen LogP contribution >= 0.6 is 0 Å². The van der Waals surface area contributed by atoms with Crippen LogP contribution in [0.15, 0.2) is 24.3 Å². The zero-order valence-corrected chi connectivity index (χ0v) is 46.6. The summed E-state index contributed by atoms with van der Waals surface area (Å²) in [6, 6.07) is -0.563. The minimum atomic E-state index is -0.683. The molecule has 0 aromatic heterocycles. The molecule has 0 bridgehead atoms. The molecule has 2 unspecified atom stereocenters. The fourth-order valence-corrected chi connectivity index (χ4v) is 9.69. The minimum Gasteiger partial charge on any atom is -0.466 e. The van der Waals surface area contributed by atoms with Gasteiger partial charge in [0, 0.05) is 12.8 Å². The maximum absolute atomic E-state index is 12.5. The van der Waals surface area contributed by atoms with E-state index in [0.717, 1.165) is 70.6 Å². The number of aliphatic hydroxyl groups is 2. The van der Waals surface area contributed by atoms with Crippen molar-refractivity contribution >= 4 is 11.9 Å². The highest BCUT2D eigenvalue weighted by Gasteiger charge is 2.20. The van der Waals surface area contributed by atoms with Crippen LogP contribution in [0.25, 0.3) is 0 Å². The van der Waals surface area contributed by atoms with Gasteiger partial charge in [0.1, 0.15) is 0 Å². The average Bonchev–Trinajstić information content (AvgIpc) is 3.35. The molecular formula is C63H121NO5. The van der Waals surface area contributed by atoms with E-state index >= 15 is 0 Å². The lowest BCUT2D eigenvalue weighted by Gasteiger charge is -2.22. The highest BCUT2D eigenvalue weighted by molar-refractivity contribution is 5.76. The number of ether oxygens (including phenoxy) is 1. The zero-order valence-electron chi connectivity index (χ0n) is 46.6. The van der Waals surface area contributed by atoms with Crippen molar-refractivity contribution in [3.05, 3.63) is 24.3 Å². The van der Waals surface area contributed by atoms with Crippen molar-refractivity contribution in [1.82, 2.24) is 5.32 Å². The van der Waals surface area contributed by atoms with E-state index in [1.807, 2.05) is 0 Å². The van der Waals surface area contributed by atoms with Crippen molar-refractivity contribution < 1.29 is 24.5 Å². The largest absolute Gasteiger partial charge is 0.466 e. The summed E-state index contributed by atoms with van der Waals surface area (Å²) in [6.07, 6.45) is 71.8. The number of hydrogen-bond donors (Lipinski definition) is 3. The SMILES string of the molecule is CCCCCCCC/C=C\CCCCCCCCCC(=O)OCCCCCCCC/C=C\CCCCCC(=O)NC(CO)C(O)CCCCCCCCCCCCCCCCCCCCCCCC. The Labute approximate surface area is 431 Å². The first-order valence-electron chi connectivity index (χ1n) is 31.1. The van der Waals surface area contributed by atoms with Gasteiger partial charge in [-0.2, -0.15) is 0 Å². The summed E-state index contributed by atoms with van der Waals surface area (Å²) < 4.78 is 5.47. The van der Waals surface area contributed by atoms with E-state index in [-0.39, 0.29) is 18.5 Å². The second kappa shape index (κ2) is 58.9. The van der Waals surface area contributed by atoms with Gasteiger partial charge in [-0.15, -0.1) is 0 Å². The number of unbranched alkanes of at least 4 members (excludes halogenated alkanes) is 43. The molecule has 0 rings (SSSR count). The Morgan fingerprint density at radius 2 is 0.681 bits per heavy atom. The van der Waals surface area contributed by atoms with Gasteiger partial charge in [-0.3, -0.25) is 9.59 Å². The highest BCUT2D eigenvalue weighted by atomic mass is 16.5. The number of nitrogens with one attached hydrogen (secondary N) is 1. The normalized spacial score (nSPS) is 12.7. The van der Waals surface area contributed by atoms with Gasteiger partial charge >= 0.3 is 5.97 Å². The van der Waals surface area contributed by atoms with Crippen LogP contribution in [0, 0.1) is 0 Å². The van der Waals surface area contributed by atoms with Gasteiger partial charge in [0.05, 0.1) is 25.4 Å². The molecule has 0 saturated heterocycles. The number of rotatable bonds is 58. The molecule has 0 aromatic carbocycles. The summed E-state index contributed by atoms with van der Waals surface area (Å²) in [7, 11) is 0. The van der Waals surface area contributed by atoms with Crippen molar-refractivity contribution in [2.24, 2.45) is 0 Å². The Kier molecular flexibility index (Phi) is 57.5. The van der Waals surface area contributed by atoms with Gasteiger partial charge in [0.2, 0.25) is 5.91 Å². The predicted octanol–water partition coefficient (Wildman–Crippen LogP) is 19.4. The summed E-state index contributed by atoms with van der Waals surface area (Å²) in [5.41, 5.74) is 0. The molecule has 0 fully saturated rings.